The summed E-state index contributed by atoms with van der Waals surface area (Å²) in [5, 5.41) is -0.0984. The highest BCUT2D eigenvalue weighted by molar-refractivity contribution is 9.09. The third kappa shape index (κ3) is 2.46. The molecule has 3 rings (SSSR count). The summed E-state index contributed by atoms with van der Waals surface area (Å²) < 4.78 is 32.8. The zero-order valence-electron chi connectivity index (χ0n) is 11.6. The molecule has 0 fully saturated rings. The van der Waals surface area contributed by atoms with E-state index in [1.54, 1.807) is 13.0 Å². The fraction of sp³-hybridized carbons (Fsp3) is 0.118. The van der Waals surface area contributed by atoms with Gasteiger partial charge in [-0.3, -0.25) is 4.79 Å². The highest BCUT2D eigenvalue weighted by Gasteiger charge is 2.21. The zero-order valence-corrected chi connectivity index (χ0v) is 13.2. The molecule has 0 bridgehead atoms. The molecule has 5 heteroatoms. The molecule has 0 amide bonds. The molecule has 1 aromatic heterocycles. The summed E-state index contributed by atoms with van der Waals surface area (Å²) in [6.45, 7) is 1.80. The Bertz CT molecular complexity index is 899. The van der Waals surface area contributed by atoms with Gasteiger partial charge in [0.25, 0.3) is 0 Å². The minimum absolute atomic E-state index is 0.0984. The first-order valence-corrected chi connectivity index (χ1v) is 7.56. The summed E-state index contributed by atoms with van der Waals surface area (Å²) in [6.07, 6.45) is 0. The number of rotatable bonds is 2. The Morgan fingerprint density at radius 2 is 1.77 bits per heavy atom. The topological polar surface area (TPSA) is 30.2 Å². The first kappa shape index (κ1) is 14.9. The fourth-order valence-electron chi connectivity index (χ4n) is 2.39. The van der Waals surface area contributed by atoms with Crippen molar-refractivity contribution in [2.45, 2.75) is 11.8 Å². The Morgan fingerprint density at radius 3 is 2.41 bits per heavy atom. The molecule has 0 spiro atoms. The standard InChI is InChI=1S/C17H11BrF2O2/c1-9(18)17-14(10-5-7-11(19)8-6-10)16(21)15-12(20)3-2-4-13(15)22-17/h2-9H,1H3. The molecule has 2 nitrogen and oxygen atoms in total. The molecule has 22 heavy (non-hydrogen) atoms. The van der Waals surface area contributed by atoms with E-state index < -0.39 is 17.1 Å². The summed E-state index contributed by atoms with van der Waals surface area (Å²) in [5.74, 6) is -0.661. The fourth-order valence-corrected chi connectivity index (χ4v) is 2.71. The van der Waals surface area contributed by atoms with E-state index in [1.165, 1.54) is 36.4 Å². The minimum atomic E-state index is -0.636. The van der Waals surface area contributed by atoms with Crippen molar-refractivity contribution in [1.29, 1.82) is 0 Å². The van der Waals surface area contributed by atoms with E-state index in [0.29, 0.717) is 11.3 Å². The summed E-state index contributed by atoms with van der Waals surface area (Å²) in [5.41, 5.74) is 0.452. The van der Waals surface area contributed by atoms with Crippen molar-refractivity contribution in [2.75, 3.05) is 0 Å². The van der Waals surface area contributed by atoms with E-state index >= 15 is 0 Å². The SMILES string of the molecule is CC(Br)c1oc2cccc(F)c2c(=O)c1-c1ccc(F)cc1. The van der Waals surface area contributed by atoms with Gasteiger partial charge in [-0.25, -0.2) is 8.78 Å². The van der Waals surface area contributed by atoms with Crippen LogP contribution in [0.1, 0.15) is 17.5 Å². The van der Waals surface area contributed by atoms with Crippen LogP contribution >= 0.6 is 15.9 Å². The molecule has 1 heterocycles. The van der Waals surface area contributed by atoms with Crippen LogP contribution in [0.5, 0.6) is 0 Å². The molecular formula is C17H11BrF2O2. The van der Waals surface area contributed by atoms with Crippen LogP contribution in [0.2, 0.25) is 0 Å². The smallest absolute Gasteiger partial charge is 0.203 e. The maximum Gasteiger partial charge on any atom is 0.203 e. The van der Waals surface area contributed by atoms with Gasteiger partial charge in [0.15, 0.2) is 0 Å². The Labute approximate surface area is 133 Å². The average Bonchev–Trinajstić information content (AvgIpc) is 2.48. The van der Waals surface area contributed by atoms with Gasteiger partial charge in [-0.15, -0.1) is 0 Å². The van der Waals surface area contributed by atoms with Crippen LogP contribution in [-0.2, 0) is 0 Å². The Morgan fingerprint density at radius 1 is 1.09 bits per heavy atom. The molecule has 2 aromatic carbocycles. The van der Waals surface area contributed by atoms with E-state index in [4.69, 9.17) is 4.42 Å². The highest BCUT2D eigenvalue weighted by atomic mass is 79.9. The molecule has 0 aliphatic rings. The van der Waals surface area contributed by atoms with E-state index in [0.717, 1.165) is 0 Å². The van der Waals surface area contributed by atoms with Crippen LogP contribution in [-0.4, -0.2) is 0 Å². The summed E-state index contributed by atoms with van der Waals surface area (Å²) in [6, 6.07) is 9.71. The van der Waals surface area contributed by atoms with E-state index in [-0.39, 0.29) is 21.4 Å². The first-order chi connectivity index (χ1) is 10.5. The van der Waals surface area contributed by atoms with Gasteiger partial charge in [0.2, 0.25) is 5.43 Å². The zero-order chi connectivity index (χ0) is 15.9. The predicted molar refractivity (Wildman–Crippen MR) is 85.2 cm³/mol. The number of hydrogen-bond acceptors (Lipinski definition) is 2. The quantitative estimate of drug-likeness (QED) is 0.585. The molecular weight excluding hydrogens is 354 g/mol. The minimum Gasteiger partial charge on any atom is -0.459 e. The van der Waals surface area contributed by atoms with Crippen molar-refractivity contribution >= 4 is 26.9 Å². The lowest BCUT2D eigenvalue weighted by molar-refractivity contribution is 0.540. The molecule has 112 valence electrons. The lowest BCUT2D eigenvalue weighted by Crippen LogP contribution is -2.11. The number of halogens is 3. The molecule has 0 N–H and O–H groups in total. The van der Waals surface area contributed by atoms with Crippen LogP contribution in [0.3, 0.4) is 0 Å². The third-order valence-electron chi connectivity index (χ3n) is 3.39. The van der Waals surface area contributed by atoms with Crippen molar-refractivity contribution in [3.05, 3.63) is 70.1 Å². The first-order valence-electron chi connectivity index (χ1n) is 6.64. The maximum atomic E-state index is 14.0. The van der Waals surface area contributed by atoms with Gasteiger partial charge < -0.3 is 4.42 Å². The average molecular weight is 365 g/mol. The van der Waals surface area contributed by atoms with Crippen molar-refractivity contribution in [3.63, 3.8) is 0 Å². The van der Waals surface area contributed by atoms with E-state index in [2.05, 4.69) is 15.9 Å². The maximum absolute atomic E-state index is 14.0. The van der Waals surface area contributed by atoms with E-state index in [1.807, 2.05) is 0 Å². The second-order valence-electron chi connectivity index (χ2n) is 4.91. The van der Waals surface area contributed by atoms with Gasteiger partial charge >= 0.3 is 0 Å². The lowest BCUT2D eigenvalue weighted by Gasteiger charge is -2.12. The normalized spacial score (nSPS) is 12.5. The van der Waals surface area contributed by atoms with Gasteiger partial charge in [0.1, 0.15) is 28.4 Å². The Kier molecular flexibility index (Phi) is 3.83. The van der Waals surface area contributed by atoms with Gasteiger partial charge in [-0.2, -0.15) is 0 Å². The second-order valence-corrected chi connectivity index (χ2v) is 6.28. The highest BCUT2D eigenvalue weighted by Crippen LogP contribution is 2.33. The predicted octanol–water partition coefficient (Wildman–Crippen LogP) is 5.19. The molecule has 0 aliphatic heterocycles. The third-order valence-corrected chi connectivity index (χ3v) is 3.81. The summed E-state index contributed by atoms with van der Waals surface area (Å²) >= 11 is 3.38. The van der Waals surface area contributed by atoms with Crippen molar-refractivity contribution < 1.29 is 13.2 Å². The van der Waals surface area contributed by atoms with Crippen molar-refractivity contribution in [3.8, 4) is 11.1 Å². The van der Waals surface area contributed by atoms with Gasteiger partial charge in [-0.05, 0) is 36.8 Å². The molecule has 3 aromatic rings. The van der Waals surface area contributed by atoms with Crippen LogP contribution in [0.25, 0.3) is 22.1 Å². The molecule has 0 saturated carbocycles. The second kappa shape index (κ2) is 5.65. The van der Waals surface area contributed by atoms with Crippen molar-refractivity contribution in [1.82, 2.24) is 0 Å². The van der Waals surface area contributed by atoms with Crippen LogP contribution in [0, 0.1) is 11.6 Å². The monoisotopic (exact) mass is 364 g/mol. The molecule has 0 radical (unpaired) electrons. The van der Waals surface area contributed by atoms with E-state index in [9.17, 15) is 13.6 Å². The Hall–Kier alpha value is -2.01. The number of hydrogen-bond donors (Lipinski definition) is 0. The molecule has 1 unspecified atom stereocenters. The van der Waals surface area contributed by atoms with Crippen LogP contribution in [0.15, 0.2) is 51.7 Å². The van der Waals surface area contributed by atoms with Gasteiger partial charge in [-0.1, -0.05) is 34.1 Å². The van der Waals surface area contributed by atoms with Gasteiger partial charge in [0, 0.05) is 0 Å². The number of alkyl halides is 1. The van der Waals surface area contributed by atoms with Crippen LogP contribution in [0.4, 0.5) is 8.78 Å². The number of fused-ring (bicyclic) bond motifs is 1. The van der Waals surface area contributed by atoms with Gasteiger partial charge in [0.05, 0.1) is 10.4 Å². The molecule has 1 atom stereocenters. The van der Waals surface area contributed by atoms with Crippen LogP contribution < -0.4 is 5.43 Å². The Balaban J connectivity index is 2.43. The summed E-state index contributed by atoms with van der Waals surface area (Å²) in [7, 11) is 0. The van der Waals surface area contributed by atoms with Crippen molar-refractivity contribution in [2.24, 2.45) is 0 Å². The largest absolute Gasteiger partial charge is 0.459 e. The molecule has 0 aliphatic carbocycles. The molecule has 0 saturated heterocycles. The number of benzene rings is 2. The summed E-state index contributed by atoms with van der Waals surface area (Å²) in [4.78, 5) is 12.5. The lowest BCUT2D eigenvalue weighted by atomic mass is 10.0.